The Morgan fingerprint density at radius 2 is 2.00 bits per heavy atom. The molecule has 3 rings (SSSR count). The number of benzene rings is 1. The number of nitrogens with zero attached hydrogens (tertiary/aromatic N) is 2. The van der Waals surface area contributed by atoms with Crippen LogP contribution in [0, 0.1) is 0 Å². The zero-order chi connectivity index (χ0) is 15.5. The maximum absolute atomic E-state index is 12.6. The first-order valence-corrected chi connectivity index (χ1v) is 7.17. The monoisotopic (exact) mass is 299 g/mol. The lowest BCUT2D eigenvalue weighted by Crippen LogP contribution is -2.33. The van der Waals surface area contributed by atoms with E-state index >= 15 is 0 Å². The molecule has 0 saturated heterocycles. The number of aromatic nitrogens is 2. The summed E-state index contributed by atoms with van der Waals surface area (Å²) in [5.74, 6) is 0.630. The van der Waals surface area contributed by atoms with Gasteiger partial charge in [-0.2, -0.15) is 5.10 Å². The fraction of sp³-hybridized carbons (Fsp3) is 0.312. The summed E-state index contributed by atoms with van der Waals surface area (Å²) >= 11 is 0. The molecule has 22 heavy (non-hydrogen) atoms. The zero-order valence-electron chi connectivity index (χ0n) is 12.3. The number of hydrogen-bond acceptors (Lipinski definition) is 4. The predicted octanol–water partition coefficient (Wildman–Crippen LogP) is 1.58. The minimum absolute atomic E-state index is 0.158. The van der Waals surface area contributed by atoms with Crippen molar-refractivity contribution in [2.24, 2.45) is 0 Å². The highest BCUT2D eigenvalue weighted by molar-refractivity contribution is 5.92. The summed E-state index contributed by atoms with van der Waals surface area (Å²) in [5, 5.41) is 6.13. The number of amides is 1. The van der Waals surface area contributed by atoms with Crippen molar-refractivity contribution < 1.29 is 9.53 Å². The predicted molar refractivity (Wildman–Crippen MR) is 80.7 cm³/mol. The molecule has 1 amide bonds. The van der Waals surface area contributed by atoms with Gasteiger partial charge in [-0.3, -0.25) is 9.59 Å². The van der Waals surface area contributed by atoms with Crippen molar-refractivity contribution in [2.45, 2.75) is 25.4 Å². The number of ether oxygens (including phenoxy) is 1. The van der Waals surface area contributed by atoms with Crippen LogP contribution in [0.15, 0.2) is 41.2 Å². The van der Waals surface area contributed by atoms with E-state index in [0.29, 0.717) is 6.54 Å². The molecule has 1 saturated carbocycles. The van der Waals surface area contributed by atoms with Crippen LogP contribution in [0.3, 0.4) is 0 Å². The average molecular weight is 299 g/mol. The lowest BCUT2D eigenvalue weighted by molar-refractivity contribution is 0.0722. The summed E-state index contributed by atoms with van der Waals surface area (Å²) in [6.45, 7) is 0.522. The van der Waals surface area contributed by atoms with Crippen LogP contribution in [0.5, 0.6) is 5.75 Å². The highest BCUT2D eigenvalue weighted by Crippen LogP contribution is 2.29. The Morgan fingerprint density at radius 3 is 2.55 bits per heavy atom. The molecule has 1 heterocycles. The second kappa shape index (κ2) is 6.01. The molecular formula is C16H17N3O3. The van der Waals surface area contributed by atoms with Gasteiger partial charge in [0, 0.05) is 18.7 Å². The normalized spacial score (nSPS) is 13.7. The van der Waals surface area contributed by atoms with Gasteiger partial charge in [-0.25, -0.2) is 5.10 Å². The van der Waals surface area contributed by atoms with Gasteiger partial charge in [0.2, 0.25) is 0 Å². The first-order chi connectivity index (χ1) is 10.7. The number of carbonyl (C=O) groups excluding carboxylic acids is 1. The van der Waals surface area contributed by atoms with Gasteiger partial charge < -0.3 is 9.64 Å². The SMILES string of the molecule is COc1ccc(CN(C(=O)c2ccc(=O)[nH]n2)C2CC2)cc1. The molecule has 0 radical (unpaired) electrons. The topological polar surface area (TPSA) is 75.3 Å². The lowest BCUT2D eigenvalue weighted by atomic mass is 10.2. The number of rotatable bonds is 5. The zero-order valence-corrected chi connectivity index (χ0v) is 12.3. The summed E-state index contributed by atoms with van der Waals surface area (Å²) in [6.07, 6.45) is 2.01. The molecule has 1 aromatic carbocycles. The van der Waals surface area contributed by atoms with Gasteiger partial charge in [0.15, 0.2) is 0 Å². The van der Waals surface area contributed by atoms with Gasteiger partial charge >= 0.3 is 0 Å². The Morgan fingerprint density at radius 1 is 1.27 bits per heavy atom. The molecule has 1 fully saturated rings. The van der Waals surface area contributed by atoms with Crippen molar-refractivity contribution in [3.63, 3.8) is 0 Å². The van der Waals surface area contributed by atoms with E-state index in [1.54, 1.807) is 7.11 Å². The molecule has 114 valence electrons. The summed E-state index contributed by atoms with van der Waals surface area (Å²) in [5.41, 5.74) is 0.982. The maximum atomic E-state index is 12.6. The fourth-order valence-electron chi connectivity index (χ4n) is 2.29. The van der Waals surface area contributed by atoms with Gasteiger partial charge in [0.1, 0.15) is 11.4 Å². The summed E-state index contributed by atoms with van der Waals surface area (Å²) < 4.78 is 5.14. The van der Waals surface area contributed by atoms with E-state index in [0.717, 1.165) is 24.2 Å². The van der Waals surface area contributed by atoms with Gasteiger partial charge in [-0.1, -0.05) is 12.1 Å². The Balaban J connectivity index is 1.78. The summed E-state index contributed by atoms with van der Waals surface area (Å²) in [6, 6.07) is 10.7. The molecule has 0 aliphatic heterocycles. The molecule has 0 unspecified atom stereocenters. The van der Waals surface area contributed by atoms with Crippen LogP contribution in [0.25, 0.3) is 0 Å². The van der Waals surface area contributed by atoms with Crippen LogP contribution in [0.4, 0.5) is 0 Å². The Kier molecular flexibility index (Phi) is 3.91. The third-order valence-corrected chi connectivity index (χ3v) is 3.66. The molecule has 1 N–H and O–H groups in total. The molecule has 6 nitrogen and oxygen atoms in total. The van der Waals surface area contributed by atoms with E-state index in [2.05, 4.69) is 10.2 Å². The van der Waals surface area contributed by atoms with Crippen molar-refractivity contribution in [3.8, 4) is 5.75 Å². The first kappa shape index (κ1) is 14.3. The number of aromatic amines is 1. The van der Waals surface area contributed by atoms with Crippen LogP contribution >= 0.6 is 0 Å². The molecule has 1 aliphatic carbocycles. The Bertz CT molecular complexity index is 700. The molecule has 2 aromatic rings. The van der Waals surface area contributed by atoms with Crippen molar-refractivity contribution in [1.29, 1.82) is 0 Å². The molecule has 1 aromatic heterocycles. The number of methoxy groups -OCH3 is 1. The highest BCUT2D eigenvalue weighted by atomic mass is 16.5. The largest absolute Gasteiger partial charge is 0.497 e. The second-order valence-electron chi connectivity index (χ2n) is 5.32. The molecule has 6 heteroatoms. The van der Waals surface area contributed by atoms with Crippen LogP contribution in [-0.2, 0) is 6.54 Å². The van der Waals surface area contributed by atoms with Crippen molar-refractivity contribution >= 4 is 5.91 Å². The molecule has 0 bridgehead atoms. The smallest absolute Gasteiger partial charge is 0.274 e. The van der Waals surface area contributed by atoms with Crippen LogP contribution in [0.2, 0.25) is 0 Å². The van der Waals surface area contributed by atoms with E-state index in [1.807, 2.05) is 29.2 Å². The maximum Gasteiger partial charge on any atom is 0.274 e. The van der Waals surface area contributed by atoms with E-state index in [4.69, 9.17) is 4.74 Å². The van der Waals surface area contributed by atoms with Crippen LogP contribution in [0.1, 0.15) is 28.9 Å². The number of nitrogens with one attached hydrogen (secondary N) is 1. The third kappa shape index (κ3) is 3.16. The second-order valence-corrected chi connectivity index (χ2v) is 5.32. The third-order valence-electron chi connectivity index (χ3n) is 3.66. The van der Waals surface area contributed by atoms with Crippen LogP contribution in [-0.4, -0.2) is 34.2 Å². The number of carbonyl (C=O) groups is 1. The van der Waals surface area contributed by atoms with E-state index < -0.39 is 0 Å². The molecule has 1 aliphatic rings. The summed E-state index contributed by atoms with van der Waals surface area (Å²) in [7, 11) is 1.62. The van der Waals surface area contributed by atoms with Gasteiger partial charge in [-0.05, 0) is 36.6 Å². The number of hydrogen-bond donors (Lipinski definition) is 1. The quantitative estimate of drug-likeness (QED) is 0.909. The molecule has 0 atom stereocenters. The minimum Gasteiger partial charge on any atom is -0.497 e. The summed E-state index contributed by atoms with van der Waals surface area (Å²) in [4.78, 5) is 25.4. The number of H-pyrrole nitrogens is 1. The van der Waals surface area contributed by atoms with Gasteiger partial charge in [0.25, 0.3) is 11.5 Å². The minimum atomic E-state index is -0.315. The van der Waals surface area contributed by atoms with E-state index in [-0.39, 0.29) is 23.2 Å². The van der Waals surface area contributed by atoms with E-state index in [9.17, 15) is 9.59 Å². The van der Waals surface area contributed by atoms with Crippen LogP contribution < -0.4 is 10.3 Å². The lowest BCUT2D eigenvalue weighted by Gasteiger charge is -2.22. The Hall–Kier alpha value is -2.63. The average Bonchev–Trinajstić information content (AvgIpc) is 3.38. The fourth-order valence-corrected chi connectivity index (χ4v) is 2.29. The van der Waals surface area contributed by atoms with Gasteiger partial charge in [0.05, 0.1) is 7.11 Å². The standard InChI is InChI=1S/C16H17N3O3/c1-22-13-6-2-11(3-7-13)10-19(12-4-5-12)16(21)14-8-9-15(20)18-17-14/h2-3,6-9,12H,4-5,10H2,1H3,(H,18,20). The Labute approximate surface area is 127 Å². The van der Waals surface area contributed by atoms with Crippen molar-refractivity contribution in [3.05, 3.63) is 58.0 Å². The molecule has 0 spiro atoms. The van der Waals surface area contributed by atoms with Crippen molar-refractivity contribution in [1.82, 2.24) is 15.1 Å². The first-order valence-electron chi connectivity index (χ1n) is 7.17. The van der Waals surface area contributed by atoms with Crippen molar-refractivity contribution in [2.75, 3.05) is 7.11 Å². The van der Waals surface area contributed by atoms with Gasteiger partial charge in [-0.15, -0.1) is 0 Å². The highest BCUT2D eigenvalue weighted by Gasteiger charge is 2.33. The van der Waals surface area contributed by atoms with E-state index in [1.165, 1.54) is 12.1 Å². The molecular weight excluding hydrogens is 282 g/mol.